The van der Waals surface area contributed by atoms with Crippen LogP contribution in [0.15, 0.2) is 24.3 Å². The van der Waals surface area contributed by atoms with Gasteiger partial charge in [0.05, 0.1) is 6.04 Å². The highest BCUT2D eigenvalue weighted by atomic mass is 32.1. The van der Waals surface area contributed by atoms with Gasteiger partial charge in [-0.15, -0.1) is 11.3 Å². The number of halogens is 3. The number of aryl methyl sites for hydroxylation is 1. The van der Waals surface area contributed by atoms with E-state index < -0.39 is 17.5 Å². The molecule has 20 heavy (non-hydrogen) atoms. The van der Waals surface area contributed by atoms with E-state index in [-0.39, 0.29) is 6.04 Å². The van der Waals surface area contributed by atoms with E-state index in [1.807, 2.05) is 19.1 Å². The minimum absolute atomic E-state index is 0.324. The Hall–Kier alpha value is -1.33. The molecule has 0 aliphatic heterocycles. The molecule has 2 aromatic rings. The van der Waals surface area contributed by atoms with Gasteiger partial charge in [-0.3, -0.25) is 0 Å². The summed E-state index contributed by atoms with van der Waals surface area (Å²) < 4.78 is 39.8. The van der Waals surface area contributed by atoms with Crippen LogP contribution >= 0.6 is 11.3 Å². The molecule has 1 atom stereocenters. The molecular formula is C15H16F3NS. The van der Waals surface area contributed by atoms with Gasteiger partial charge in [0.2, 0.25) is 0 Å². The highest BCUT2D eigenvalue weighted by Crippen LogP contribution is 2.30. The predicted molar refractivity (Wildman–Crippen MR) is 75.5 cm³/mol. The molecule has 0 aliphatic carbocycles. The highest BCUT2D eigenvalue weighted by molar-refractivity contribution is 7.12. The zero-order valence-corrected chi connectivity index (χ0v) is 12.2. The van der Waals surface area contributed by atoms with Gasteiger partial charge in [0.1, 0.15) is 0 Å². The van der Waals surface area contributed by atoms with Crippen molar-refractivity contribution in [2.24, 2.45) is 0 Å². The van der Waals surface area contributed by atoms with Crippen molar-refractivity contribution < 1.29 is 13.2 Å². The Morgan fingerprint density at radius 1 is 1.10 bits per heavy atom. The van der Waals surface area contributed by atoms with Gasteiger partial charge in [-0.05, 0) is 42.8 Å². The topological polar surface area (TPSA) is 12.0 Å². The highest BCUT2D eigenvalue weighted by Gasteiger charge is 2.19. The standard InChI is InChI=1S/C15H16F3NS/c1-3-10-5-6-13(20-10)15(19-4-2)9-7-11(16)14(18)12(17)8-9/h5-8,15,19H,3-4H2,1-2H3. The Labute approximate surface area is 120 Å². The third-order valence-corrected chi connectivity index (χ3v) is 4.36. The molecule has 0 spiro atoms. The second kappa shape index (κ2) is 6.41. The number of nitrogens with one attached hydrogen (secondary N) is 1. The maximum absolute atomic E-state index is 13.4. The monoisotopic (exact) mass is 299 g/mol. The van der Waals surface area contributed by atoms with Crippen molar-refractivity contribution in [1.29, 1.82) is 0 Å². The lowest BCUT2D eigenvalue weighted by atomic mass is 10.0. The van der Waals surface area contributed by atoms with Crippen LogP contribution in [0.4, 0.5) is 13.2 Å². The van der Waals surface area contributed by atoms with Crippen molar-refractivity contribution >= 4 is 11.3 Å². The molecule has 1 unspecified atom stereocenters. The number of rotatable bonds is 5. The zero-order valence-electron chi connectivity index (χ0n) is 11.3. The van der Waals surface area contributed by atoms with Crippen LogP contribution in [0.1, 0.15) is 35.2 Å². The van der Waals surface area contributed by atoms with Gasteiger partial charge in [-0.1, -0.05) is 13.8 Å². The third kappa shape index (κ3) is 3.04. The van der Waals surface area contributed by atoms with Gasteiger partial charge in [0, 0.05) is 9.75 Å². The third-order valence-electron chi connectivity index (χ3n) is 3.06. The van der Waals surface area contributed by atoms with Crippen LogP contribution in [-0.2, 0) is 6.42 Å². The first-order valence-corrected chi connectivity index (χ1v) is 7.34. The molecular weight excluding hydrogens is 283 g/mol. The lowest BCUT2D eigenvalue weighted by molar-refractivity contribution is 0.443. The van der Waals surface area contributed by atoms with Gasteiger partial charge in [-0.25, -0.2) is 13.2 Å². The molecule has 1 heterocycles. The molecule has 0 amide bonds. The summed E-state index contributed by atoms with van der Waals surface area (Å²) in [5.74, 6) is -3.74. The lowest BCUT2D eigenvalue weighted by Crippen LogP contribution is -2.21. The molecule has 0 saturated heterocycles. The van der Waals surface area contributed by atoms with Crippen molar-refractivity contribution in [3.8, 4) is 0 Å². The van der Waals surface area contributed by atoms with E-state index in [1.54, 1.807) is 11.3 Å². The van der Waals surface area contributed by atoms with Gasteiger partial charge >= 0.3 is 0 Å². The number of hydrogen-bond donors (Lipinski definition) is 1. The molecule has 0 saturated carbocycles. The first-order valence-electron chi connectivity index (χ1n) is 6.53. The van der Waals surface area contributed by atoms with Crippen molar-refractivity contribution in [2.45, 2.75) is 26.3 Å². The average Bonchev–Trinajstić information content (AvgIpc) is 2.90. The van der Waals surface area contributed by atoms with Crippen LogP contribution < -0.4 is 5.32 Å². The maximum atomic E-state index is 13.4. The zero-order chi connectivity index (χ0) is 14.7. The molecule has 1 aromatic heterocycles. The minimum atomic E-state index is -1.43. The Morgan fingerprint density at radius 2 is 1.75 bits per heavy atom. The summed E-state index contributed by atoms with van der Waals surface area (Å²) >= 11 is 1.59. The van der Waals surface area contributed by atoms with Gasteiger partial charge in [0.15, 0.2) is 17.5 Å². The molecule has 0 aliphatic rings. The normalized spacial score (nSPS) is 12.7. The fourth-order valence-corrected chi connectivity index (χ4v) is 3.12. The van der Waals surface area contributed by atoms with E-state index in [0.717, 1.165) is 23.4 Å². The van der Waals surface area contributed by atoms with Crippen LogP contribution in [0.3, 0.4) is 0 Å². The SMILES string of the molecule is CCNC(c1cc(F)c(F)c(F)c1)c1ccc(CC)s1. The molecule has 1 nitrogen and oxygen atoms in total. The van der Waals surface area contributed by atoms with Crippen LogP contribution in [0.5, 0.6) is 0 Å². The van der Waals surface area contributed by atoms with Gasteiger partial charge in [-0.2, -0.15) is 0 Å². The molecule has 108 valence electrons. The molecule has 0 bridgehead atoms. The average molecular weight is 299 g/mol. The van der Waals surface area contributed by atoms with Gasteiger partial charge < -0.3 is 5.32 Å². The smallest absolute Gasteiger partial charge is 0.194 e. The van der Waals surface area contributed by atoms with E-state index in [1.165, 1.54) is 4.88 Å². The summed E-state index contributed by atoms with van der Waals surface area (Å²) in [5, 5.41) is 3.18. The largest absolute Gasteiger partial charge is 0.306 e. The Balaban J connectivity index is 2.42. The first-order chi connectivity index (χ1) is 9.56. The summed E-state index contributed by atoms with van der Waals surface area (Å²) in [6.45, 7) is 4.61. The van der Waals surface area contributed by atoms with Crippen LogP contribution in [0.25, 0.3) is 0 Å². The van der Waals surface area contributed by atoms with Crippen LogP contribution in [-0.4, -0.2) is 6.54 Å². The van der Waals surface area contributed by atoms with Crippen molar-refractivity contribution in [2.75, 3.05) is 6.54 Å². The fraction of sp³-hybridized carbons (Fsp3) is 0.333. The molecule has 1 aromatic carbocycles. The lowest BCUT2D eigenvalue weighted by Gasteiger charge is -2.17. The minimum Gasteiger partial charge on any atom is -0.306 e. The Morgan fingerprint density at radius 3 is 2.25 bits per heavy atom. The second-order valence-corrected chi connectivity index (χ2v) is 5.65. The second-order valence-electron chi connectivity index (χ2n) is 4.45. The van der Waals surface area contributed by atoms with E-state index in [4.69, 9.17) is 0 Å². The number of thiophene rings is 1. The fourth-order valence-electron chi connectivity index (χ4n) is 2.07. The summed E-state index contributed by atoms with van der Waals surface area (Å²) in [7, 11) is 0. The molecule has 5 heteroatoms. The van der Waals surface area contributed by atoms with E-state index in [2.05, 4.69) is 12.2 Å². The molecule has 2 rings (SSSR count). The summed E-state index contributed by atoms with van der Waals surface area (Å²) in [6.07, 6.45) is 0.912. The number of hydrogen-bond acceptors (Lipinski definition) is 2. The Bertz CT molecular complexity index is 572. The van der Waals surface area contributed by atoms with Gasteiger partial charge in [0.25, 0.3) is 0 Å². The van der Waals surface area contributed by atoms with E-state index in [0.29, 0.717) is 12.1 Å². The van der Waals surface area contributed by atoms with Crippen molar-refractivity contribution in [3.05, 3.63) is 57.0 Å². The quantitative estimate of drug-likeness (QED) is 0.806. The van der Waals surface area contributed by atoms with Crippen LogP contribution in [0, 0.1) is 17.5 Å². The molecule has 0 fully saturated rings. The summed E-state index contributed by atoms with van der Waals surface area (Å²) in [5.41, 5.74) is 0.396. The predicted octanol–water partition coefficient (Wildman–Crippen LogP) is 4.43. The first kappa shape index (κ1) is 15.1. The van der Waals surface area contributed by atoms with Crippen molar-refractivity contribution in [1.82, 2.24) is 5.32 Å². The van der Waals surface area contributed by atoms with E-state index >= 15 is 0 Å². The van der Waals surface area contributed by atoms with Crippen LogP contribution in [0.2, 0.25) is 0 Å². The maximum Gasteiger partial charge on any atom is 0.194 e. The molecule has 1 N–H and O–H groups in total. The summed E-state index contributed by atoms with van der Waals surface area (Å²) in [4.78, 5) is 2.17. The van der Waals surface area contributed by atoms with Crippen molar-refractivity contribution in [3.63, 3.8) is 0 Å². The molecule has 0 radical (unpaired) electrons. The number of benzene rings is 1. The Kier molecular flexibility index (Phi) is 4.83. The summed E-state index contributed by atoms with van der Waals surface area (Å²) in [6, 6.07) is 5.72. The van der Waals surface area contributed by atoms with E-state index in [9.17, 15) is 13.2 Å².